The summed E-state index contributed by atoms with van der Waals surface area (Å²) < 4.78 is 11.1. The summed E-state index contributed by atoms with van der Waals surface area (Å²) >= 11 is 0. The van der Waals surface area contributed by atoms with Crippen molar-refractivity contribution in [3.63, 3.8) is 0 Å². The van der Waals surface area contributed by atoms with Crippen LogP contribution in [0.4, 0.5) is 0 Å². The second-order valence-corrected chi connectivity index (χ2v) is 4.28. The Kier molecular flexibility index (Phi) is 2.93. The van der Waals surface area contributed by atoms with Crippen molar-refractivity contribution in [2.45, 2.75) is 6.04 Å². The van der Waals surface area contributed by atoms with Gasteiger partial charge in [0.2, 0.25) is 0 Å². The average Bonchev–Trinajstić information content (AvgIpc) is 2.90. The molecule has 0 fully saturated rings. The maximum absolute atomic E-state index is 6.26. The first kappa shape index (κ1) is 11.7. The van der Waals surface area contributed by atoms with Crippen molar-refractivity contribution in [2.24, 2.45) is 5.73 Å². The van der Waals surface area contributed by atoms with E-state index in [-0.39, 0.29) is 6.04 Å². The van der Waals surface area contributed by atoms with Crippen molar-refractivity contribution >= 4 is 11.0 Å². The maximum atomic E-state index is 6.26. The molecule has 2 aromatic heterocycles. The second-order valence-electron chi connectivity index (χ2n) is 4.28. The zero-order chi connectivity index (χ0) is 13.2. The van der Waals surface area contributed by atoms with Gasteiger partial charge < -0.3 is 14.9 Å². The van der Waals surface area contributed by atoms with E-state index in [0.717, 1.165) is 16.5 Å². The quantitative estimate of drug-likeness (QED) is 0.780. The lowest BCUT2D eigenvalue weighted by Gasteiger charge is -2.12. The van der Waals surface area contributed by atoms with Gasteiger partial charge in [0.25, 0.3) is 0 Å². The molecule has 96 valence electrons. The van der Waals surface area contributed by atoms with Crippen LogP contribution < -0.4 is 10.5 Å². The molecule has 0 saturated carbocycles. The summed E-state index contributed by atoms with van der Waals surface area (Å²) in [6.45, 7) is 0. The maximum Gasteiger partial charge on any atom is 0.142 e. The van der Waals surface area contributed by atoms with Gasteiger partial charge in [-0.25, -0.2) is 0 Å². The number of nitrogens with zero attached hydrogens (tertiary/aromatic N) is 1. The minimum atomic E-state index is -0.370. The van der Waals surface area contributed by atoms with Crippen LogP contribution in [0.25, 0.3) is 11.0 Å². The third kappa shape index (κ3) is 2.06. The van der Waals surface area contributed by atoms with E-state index in [9.17, 15) is 0 Å². The topological polar surface area (TPSA) is 61.3 Å². The summed E-state index contributed by atoms with van der Waals surface area (Å²) in [5, 5.41) is 1.04. The van der Waals surface area contributed by atoms with Crippen LogP contribution >= 0.6 is 0 Å². The Morgan fingerprint density at radius 1 is 1.26 bits per heavy atom. The monoisotopic (exact) mass is 254 g/mol. The Morgan fingerprint density at radius 3 is 2.89 bits per heavy atom. The molecule has 0 aliphatic heterocycles. The molecule has 2 heterocycles. The van der Waals surface area contributed by atoms with Crippen molar-refractivity contribution in [1.82, 2.24) is 4.98 Å². The van der Waals surface area contributed by atoms with E-state index in [1.54, 1.807) is 19.5 Å². The summed E-state index contributed by atoms with van der Waals surface area (Å²) in [6, 6.07) is 11.3. The lowest BCUT2D eigenvalue weighted by atomic mass is 10.1. The first-order valence-corrected chi connectivity index (χ1v) is 6.01. The smallest absolute Gasteiger partial charge is 0.142 e. The highest BCUT2D eigenvalue weighted by atomic mass is 16.5. The molecule has 0 saturated heterocycles. The Morgan fingerprint density at radius 2 is 2.11 bits per heavy atom. The molecule has 0 radical (unpaired) electrons. The Labute approximate surface area is 110 Å². The molecule has 1 atom stereocenters. The number of furan rings is 1. The van der Waals surface area contributed by atoms with Gasteiger partial charge in [-0.15, -0.1) is 0 Å². The predicted molar refractivity (Wildman–Crippen MR) is 73.0 cm³/mol. The third-order valence-electron chi connectivity index (χ3n) is 3.12. The van der Waals surface area contributed by atoms with E-state index in [1.165, 1.54) is 0 Å². The van der Waals surface area contributed by atoms with Gasteiger partial charge in [0.05, 0.1) is 19.3 Å². The molecule has 4 nitrogen and oxygen atoms in total. The second kappa shape index (κ2) is 4.74. The Hall–Kier alpha value is -2.33. The molecule has 1 unspecified atom stereocenters. The number of rotatable bonds is 3. The zero-order valence-corrected chi connectivity index (χ0v) is 10.5. The minimum absolute atomic E-state index is 0.370. The van der Waals surface area contributed by atoms with Crippen molar-refractivity contribution < 1.29 is 9.15 Å². The number of ether oxygens (including phenoxy) is 1. The number of aromatic nitrogens is 1. The number of methoxy groups -OCH3 is 1. The molecule has 0 aliphatic carbocycles. The van der Waals surface area contributed by atoms with E-state index in [4.69, 9.17) is 14.9 Å². The normalized spacial score (nSPS) is 12.5. The lowest BCUT2D eigenvalue weighted by molar-refractivity contribution is 0.402. The van der Waals surface area contributed by atoms with Crippen LogP contribution in [0.2, 0.25) is 0 Å². The summed E-state index contributed by atoms with van der Waals surface area (Å²) in [4.78, 5) is 4.02. The van der Waals surface area contributed by atoms with E-state index >= 15 is 0 Å². The first-order chi connectivity index (χ1) is 9.29. The average molecular weight is 254 g/mol. The van der Waals surface area contributed by atoms with Crippen LogP contribution in [-0.2, 0) is 0 Å². The van der Waals surface area contributed by atoms with E-state index in [1.807, 2.05) is 36.4 Å². The molecule has 2 N–H and O–H groups in total. The molecule has 0 bridgehead atoms. The fraction of sp³-hybridized carbons (Fsp3) is 0.133. The molecule has 0 aliphatic rings. The van der Waals surface area contributed by atoms with Crippen LogP contribution in [-0.4, -0.2) is 12.1 Å². The van der Waals surface area contributed by atoms with Gasteiger partial charge in [-0.2, -0.15) is 0 Å². The Bertz CT molecular complexity index is 673. The summed E-state index contributed by atoms with van der Waals surface area (Å²) in [7, 11) is 1.60. The fourth-order valence-corrected chi connectivity index (χ4v) is 2.13. The molecule has 3 rings (SSSR count). The Balaban J connectivity index is 2.05. The minimum Gasteiger partial charge on any atom is -0.495 e. The highest BCUT2D eigenvalue weighted by molar-refractivity contribution is 5.78. The van der Waals surface area contributed by atoms with Crippen LogP contribution in [0.3, 0.4) is 0 Å². The molecule has 1 aromatic carbocycles. The van der Waals surface area contributed by atoms with E-state index in [2.05, 4.69) is 4.98 Å². The van der Waals surface area contributed by atoms with Crippen molar-refractivity contribution in [1.29, 1.82) is 0 Å². The number of fused-ring (bicyclic) bond motifs is 1. The summed E-state index contributed by atoms with van der Waals surface area (Å²) in [5.41, 5.74) is 7.95. The largest absolute Gasteiger partial charge is 0.495 e. The molecule has 0 spiro atoms. The highest BCUT2D eigenvalue weighted by Crippen LogP contribution is 2.30. The molecule has 3 aromatic rings. The molecule has 19 heavy (non-hydrogen) atoms. The summed E-state index contributed by atoms with van der Waals surface area (Å²) in [5.74, 6) is 1.38. The highest BCUT2D eigenvalue weighted by Gasteiger charge is 2.17. The van der Waals surface area contributed by atoms with Crippen molar-refractivity contribution in [2.75, 3.05) is 7.11 Å². The van der Waals surface area contributed by atoms with E-state index in [0.29, 0.717) is 11.5 Å². The number of hydrogen-bond acceptors (Lipinski definition) is 4. The van der Waals surface area contributed by atoms with Gasteiger partial charge in [-0.1, -0.05) is 18.2 Å². The number of nitrogens with two attached hydrogens (primary N) is 1. The standard InChI is InChI=1S/C15H14N2O2/c1-18-14-9-17-7-6-11(14)15(16)13-8-10-4-2-3-5-12(10)19-13/h2-9,15H,16H2,1H3. The fourth-order valence-electron chi connectivity index (χ4n) is 2.13. The summed E-state index contributed by atoms with van der Waals surface area (Å²) in [6.07, 6.45) is 3.35. The number of hydrogen-bond donors (Lipinski definition) is 1. The van der Waals surface area contributed by atoms with Crippen LogP contribution in [0.5, 0.6) is 5.75 Å². The van der Waals surface area contributed by atoms with Gasteiger partial charge in [-0.3, -0.25) is 4.98 Å². The number of pyridine rings is 1. The molecule has 4 heteroatoms. The zero-order valence-electron chi connectivity index (χ0n) is 10.5. The SMILES string of the molecule is COc1cnccc1C(N)c1cc2ccccc2o1. The van der Waals surface area contributed by atoms with Crippen molar-refractivity contribution in [3.8, 4) is 5.75 Å². The van der Waals surface area contributed by atoms with Crippen molar-refractivity contribution in [3.05, 3.63) is 60.1 Å². The first-order valence-electron chi connectivity index (χ1n) is 6.01. The lowest BCUT2D eigenvalue weighted by Crippen LogP contribution is -2.12. The third-order valence-corrected chi connectivity index (χ3v) is 3.12. The molecule has 0 amide bonds. The van der Waals surface area contributed by atoms with Crippen LogP contribution in [0.1, 0.15) is 17.4 Å². The van der Waals surface area contributed by atoms with Crippen LogP contribution in [0.15, 0.2) is 53.2 Å². The number of benzene rings is 1. The van der Waals surface area contributed by atoms with Crippen LogP contribution in [0, 0.1) is 0 Å². The van der Waals surface area contributed by atoms with Gasteiger partial charge in [0.15, 0.2) is 0 Å². The predicted octanol–water partition coefficient (Wildman–Crippen LogP) is 2.88. The van der Waals surface area contributed by atoms with E-state index < -0.39 is 0 Å². The van der Waals surface area contributed by atoms with Gasteiger partial charge in [0.1, 0.15) is 17.1 Å². The molecular weight excluding hydrogens is 240 g/mol. The molecular formula is C15H14N2O2. The van der Waals surface area contributed by atoms with Gasteiger partial charge >= 0.3 is 0 Å². The van der Waals surface area contributed by atoms with Gasteiger partial charge in [0, 0.05) is 17.1 Å². The van der Waals surface area contributed by atoms with Gasteiger partial charge in [-0.05, 0) is 18.2 Å². The number of para-hydroxylation sites is 1.